The number of fused-ring (bicyclic) bond motifs is 1. The van der Waals surface area contributed by atoms with Gasteiger partial charge in [0.1, 0.15) is 27.5 Å². The van der Waals surface area contributed by atoms with Gasteiger partial charge in [-0.2, -0.15) is 0 Å². The Kier molecular flexibility index (Phi) is 3.28. The Morgan fingerprint density at radius 3 is 2.60 bits per heavy atom. The SMILES string of the molecule is O=S(c1ccc(F)cc1F)c1nccc2ccccc12. The van der Waals surface area contributed by atoms with Crippen molar-refractivity contribution < 1.29 is 13.0 Å². The van der Waals surface area contributed by atoms with E-state index in [1.807, 2.05) is 12.1 Å². The smallest absolute Gasteiger partial charge is 0.142 e. The number of hydrogen-bond donors (Lipinski definition) is 0. The monoisotopic (exact) mass is 289 g/mol. The van der Waals surface area contributed by atoms with E-state index in [0.29, 0.717) is 5.39 Å². The molecule has 0 spiro atoms. The predicted molar refractivity (Wildman–Crippen MR) is 72.8 cm³/mol. The van der Waals surface area contributed by atoms with Crippen LogP contribution in [0.25, 0.3) is 10.8 Å². The summed E-state index contributed by atoms with van der Waals surface area (Å²) >= 11 is 0. The van der Waals surface area contributed by atoms with E-state index >= 15 is 0 Å². The Balaban J connectivity index is 2.18. The van der Waals surface area contributed by atoms with Crippen molar-refractivity contribution in [3.05, 3.63) is 66.4 Å². The van der Waals surface area contributed by atoms with E-state index in [-0.39, 0.29) is 9.92 Å². The van der Waals surface area contributed by atoms with Crippen LogP contribution in [0, 0.1) is 11.6 Å². The summed E-state index contributed by atoms with van der Waals surface area (Å²) in [5.74, 6) is -1.54. The molecule has 3 aromatic rings. The van der Waals surface area contributed by atoms with Crippen molar-refractivity contribution in [2.45, 2.75) is 9.92 Å². The second-order valence-corrected chi connectivity index (χ2v) is 5.54. The molecule has 0 radical (unpaired) electrons. The average molecular weight is 289 g/mol. The van der Waals surface area contributed by atoms with Gasteiger partial charge in [0.15, 0.2) is 0 Å². The van der Waals surface area contributed by atoms with Gasteiger partial charge in [0.25, 0.3) is 0 Å². The number of hydrogen-bond acceptors (Lipinski definition) is 2. The van der Waals surface area contributed by atoms with Crippen LogP contribution in [-0.2, 0) is 10.8 Å². The first kappa shape index (κ1) is 12.9. The highest BCUT2D eigenvalue weighted by atomic mass is 32.2. The lowest BCUT2D eigenvalue weighted by molar-refractivity contribution is 0.562. The maximum atomic E-state index is 13.7. The summed E-state index contributed by atoms with van der Waals surface area (Å²) in [7, 11) is -1.79. The topological polar surface area (TPSA) is 30.0 Å². The molecule has 100 valence electrons. The van der Waals surface area contributed by atoms with Crippen molar-refractivity contribution in [2.75, 3.05) is 0 Å². The maximum absolute atomic E-state index is 13.7. The highest BCUT2D eigenvalue weighted by Gasteiger charge is 2.16. The fourth-order valence-corrected chi connectivity index (χ4v) is 3.15. The first-order valence-electron chi connectivity index (χ1n) is 5.87. The fourth-order valence-electron chi connectivity index (χ4n) is 1.97. The van der Waals surface area contributed by atoms with Gasteiger partial charge in [-0.05, 0) is 23.6 Å². The molecule has 3 rings (SSSR count). The molecule has 0 bridgehead atoms. The van der Waals surface area contributed by atoms with Crippen LogP contribution in [0.1, 0.15) is 0 Å². The van der Waals surface area contributed by atoms with Gasteiger partial charge in [-0.3, -0.25) is 0 Å². The summed E-state index contributed by atoms with van der Waals surface area (Å²) in [5.41, 5.74) is 0. The van der Waals surface area contributed by atoms with Crippen LogP contribution < -0.4 is 0 Å². The lowest BCUT2D eigenvalue weighted by Crippen LogP contribution is -2.00. The molecule has 0 aliphatic carbocycles. The van der Waals surface area contributed by atoms with Gasteiger partial charge in [-0.1, -0.05) is 24.3 Å². The number of nitrogens with zero attached hydrogens (tertiary/aromatic N) is 1. The Labute approximate surface area is 116 Å². The van der Waals surface area contributed by atoms with Crippen molar-refractivity contribution in [2.24, 2.45) is 0 Å². The van der Waals surface area contributed by atoms with Crippen LogP contribution in [0.4, 0.5) is 8.78 Å². The Hall–Kier alpha value is -2.14. The van der Waals surface area contributed by atoms with Gasteiger partial charge in [0, 0.05) is 17.6 Å². The van der Waals surface area contributed by atoms with Crippen LogP contribution in [0.5, 0.6) is 0 Å². The zero-order valence-corrected chi connectivity index (χ0v) is 11.0. The molecule has 0 N–H and O–H groups in total. The molecule has 0 saturated heterocycles. The largest absolute Gasteiger partial charge is 0.247 e. The zero-order chi connectivity index (χ0) is 14.1. The van der Waals surface area contributed by atoms with E-state index in [1.54, 1.807) is 18.2 Å². The summed E-state index contributed by atoms with van der Waals surface area (Å²) < 4.78 is 39.1. The Morgan fingerprint density at radius 2 is 1.80 bits per heavy atom. The van der Waals surface area contributed by atoms with Crippen LogP contribution in [0.2, 0.25) is 0 Å². The predicted octanol–water partition coefficient (Wildman–Crippen LogP) is 3.68. The molecule has 1 atom stereocenters. The van der Waals surface area contributed by atoms with Crippen molar-refractivity contribution in [1.29, 1.82) is 0 Å². The third kappa shape index (κ3) is 2.20. The molecule has 2 nitrogen and oxygen atoms in total. The van der Waals surface area contributed by atoms with E-state index in [4.69, 9.17) is 0 Å². The van der Waals surface area contributed by atoms with Gasteiger partial charge < -0.3 is 0 Å². The van der Waals surface area contributed by atoms with Crippen molar-refractivity contribution in [3.63, 3.8) is 0 Å². The molecule has 2 aromatic carbocycles. The summed E-state index contributed by atoms with van der Waals surface area (Å²) in [5, 5.41) is 1.83. The Morgan fingerprint density at radius 1 is 1.00 bits per heavy atom. The van der Waals surface area contributed by atoms with E-state index in [9.17, 15) is 13.0 Å². The number of pyridine rings is 1. The summed E-state index contributed by atoms with van der Waals surface area (Å²) in [4.78, 5) is 4.01. The fraction of sp³-hybridized carbons (Fsp3) is 0. The minimum atomic E-state index is -1.79. The minimum absolute atomic E-state index is 0.0738. The molecule has 0 saturated carbocycles. The van der Waals surface area contributed by atoms with Crippen LogP contribution in [0.3, 0.4) is 0 Å². The van der Waals surface area contributed by atoms with Gasteiger partial charge in [0.2, 0.25) is 0 Å². The van der Waals surface area contributed by atoms with Gasteiger partial charge >= 0.3 is 0 Å². The van der Waals surface area contributed by atoms with Crippen molar-refractivity contribution >= 4 is 21.6 Å². The van der Waals surface area contributed by atoms with Crippen LogP contribution in [0.15, 0.2) is 64.6 Å². The van der Waals surface area contributed by atoms with E-state index in [1.165, 1.54) is 12.3 Å². The standard InChI is InChI=1S/C15H9F2NOS/c16-11-5-6-14(13(17)9-11)20(19)15-12-4-2-1-3-10(12)7-8-18-15/h1-9H. The molecule has 5 heteroatoms. The van der Waals surface area contributed by atoms with Gasteiger partial charge in [-0.25, -0.2) is 18.0 Å². The lowest BCUT2D eigenvalue weighted by Gasteiger charge is -2.06. The molecule has 1 unspecified atom stereocenters. The number of rotatable bonds is 2. The van der Waals surface area contributed by atoms with E-state index < -0.39 is 22.4 Å². The van der Waals surface area contributed by atoms with E-state index in [0.717, 1.165) is 17.5 Å². The van der Waals surface area contributed by atoms with Crippen LogP contribution >= 0.6 is 0 Å². The molecule has 0 aliphatic rings. The zero-order valence-electron chi connectivity index (χ0n) is 10.2. The third-order valence-corrected chi connectivity index (χ3v) is 4.31. The quantitative estimate of drug-likeness (QED) is 0.720. The first-order valence-corrected chi connectivity index (χ1v) is 7.02. The van der Waals surface area contributed by atoms with Gasteiger partial charge in [0.05, 0.1) is 4.90 Å². The van der Waals surface area contributed by atoms with Crippen molar-refractivity contribution in [1.82, 2.24) is 4.98 Å². The molecule has 20 heavy (non-hydrogen) atoms. The van der Waals surface area contributed by atoms with Gasteiger partial charge in [-0.15, -0.1) is 0 Å². The molecule has 1 heterocycles. The Bertz CT molecular complexity index is 815. The first-order chi connectivity index (χ1) is 9.66. The summed E-state index contributed by atoms with van der Waals surface area (Å²) in [6.45, 7) is 0. The molecular formula is C15H9F2NOS. The molecular weight excluding hydrogens is 280 g/mol. The average Bonchev–Trinajstić information content (AvgIpc) is 2.46. The van der Waals surface area contributed by atoms with E-state index in [2.05, 4.69) is 4.98 Å². The maximum Gasteiger partial charge on any atom is 0.142 e. The second kappa shape index (κ2) is 5.09. The normalized spacial score (nSPS) is 12.5. The van der Waals surface area contributed by atoms with Crippen LogP contribution in [-0.4, -0.2) is 9.19 Å². The molecule has 0 amide bonds. The van der Waals surface area contributed by atoms with Crippen molar-refractivity contribution in [3.8, 4) is 0 Å². The number of benzene rings is 2. The summed E-state index contributed by atoms with van der Waals surface area (Å²) in [6.07, 6.45) is 1.52. The number of halogens is 2. The highest BCUT2D eigenvalue weighted by Crippen LogP contribution is 2.25. The molecule has 1 aromatic heterocycles. The second-order valence-electron chi connectivity index (χ2n) is 4.18. The summed E-state index contributed by atoms with van der Waals surface area (Å²) in [6, 6.07) is 12.1. The number of aromatic nitrogens is 1. The minimum Gasteiger partial charge on any atom is -0.247 e. The molecule has 0 aliphatic heterocycles. The highest BCUT2D eigenvalue weighted by molar-refractivity contribution is 7.85. The lowest BCUT2D eigenvalue weighted by atomic mass is 10.2. The third-order valence-electron chi connectivity index (χ3n) is 2.91. The molecule has 0 fully saturated rings.